The Labute approximate surface area is 116 Å². The summed E-state index contributed by atoms with van der Waals surface area (Å²) in [5.74, 6) is 0.0927. The molecule has 0 aliphatic carbocycles. The zero-order chi connectivity index (χ0) is 14.1. The third-order valence-electron chi connectivity index (χ3n) is 2.49. The quantitative estimate of drug-likeness (QED) is 0.874. The number of benzene rings is 1. The van der Waals surface area contributed by atoms with E-state index < -0.39 is 0 Å². The van der Waals surface area contributed by atoms with E-state index in [-0.39, 0.29) is 11.7 Å². The first kappa shape index (κ1) is 17.1. The van der Waals surface area contributed by atoms with Gasteiger partial charge < -0.3 is 5.32 Å². The van der Waals surface area contributed by atoms with E-state index in [9.17, 15) is 4.79 Å². The number of carbonyl (C=O) groups is 1. The predicted molar refractivity (Wildman–Crippen MR) is 79.4 cm³/mol. The average Bonchev–Trinajstić information content (AvgIpc) is 2.33. The Morgan fingerprint density at radius 2 is 1.72 bits per heavy atom. The van der Waals surface area contributed by atoms with Gasteiger partial charge in [0.15, 0.2) is 0 Å². The fraction of sp³-hybridized carbons (Fsp3) is 0.533. The summed E-state index contributed by atoms with van der Waals surface area (Å²) in [7, 11) is 0. The maximum absolute atomic E-state index is 11.6. The number of rotatable bonds is 5. The molecule has 1 rings (SSSR count). The number of hydrogen-bond donors (Lipinski definition) is 1. The molecule has 0 saturated carbocycles. The molecule has 0 unspecified atom stereocenters. The predicted octanol–water partition coefficient (Wildman–Crippen LogP) is 4.04. The van der Waals surface area contributed by atoms with Crippen LogP contribution in [-0.4, -0.2) is 18.4 Å². The minimum Gasteiger partial charge on any atom is -0.313 e. The van der Waals surface area contributed by atoms with Crippen molar-refractivity contribution in [3.8, 4) is 0 Å². The molecule has 1 atom stereocenters. The second-order valence-electron chi connectivity index (χ2n) is 4.28. The summed E-state index contributed by atoms with van der Waals surface area (Å²) >= 11 is 5.82. The first-order valence-corrected chi connectivity index (χ1v) is 6.87. The van der Waals surface area contributed by atoms with Gasteiger partial charge in [0.05, 0.1) is 5.92 Å². The van der Waals surface area contributed by atoms with Crippen molar-refractivity contribution in [2.75, 3.05) is 6.54 Å². The molecule has 1 N–H and O–H groups in total. The largest absolute Gasteiger partial charge is 0.313 e. The lowest BCUT2D eigenvalue weighted by Gasteiger charge is -2.17. The second kappa shape index (κ2) is 9.12. The number of ketones is 1. The summed E-state index contributed by atoms with van der Waals surface area (Å²) in [5.41, 5.74) is 1.02. The average molecular weight is 270 g/mol. The maximum atomic E-state index is 11.6. The Balaban J connectivity index is 0.00000137. The van der Waals surface area contributed by atoms with Gasteiger partial charge in [0, 0.05) is 17.6 Å². The summed E-state index contributed by atoms with van der Waals surface area (Å²) < 4.78 is 0. The zero-order valence-electron chi connectivity index (χ0n) is 12.0. The van der Waals surface area contributed by atoms with Crippen molar-refractivity contribution in [1.82, 2.24) is 5.32 Å². The molecule has 2 nitrogen and oxygen atoms in total. The third-order valence-corrected chi connectivity index (χ3v) is 2.75. The van der Waals surface area contributed by atoms with Crippen molar-refractivity contribution >= 4 is 17.4 Å². The summed E-state index contributed by atoms with van der Waals surface area (Å²) in [6.07, 6.45) is 0. The van der Waals surface area contributed by atoms with E-state index in [4.69, 9.17) is 11.6 Å². The number of Topliss-reactive ketones (excluding diaryl/α,β-unsaturated/α-hetero) is 1. The highest BCUT2D eigenvalue weighted by Gasteiger charge is 2.16. The molecule has 0 saturated heterocycles. The fourth-order valence-electron chi connectivity index (χ4n) is 1.54. The van der Waals surface area contributed by atoms with E-state index in [1.165, 1.54) is 0 Å². The zero-order valence-corrected chi connectivity index (χ0v) is 12.7. The first-order valence-electron chi connectivity index (χ1n) is 6.50. The molecule has 0 radical (unpaired) electrons. The molecule has 0 aliphatic heterocycles. The van der Waals surface area contributed by atoms with Crippen molar-refractivity contribution in [2.45, 2.75) is 46.6 Å². The van der Waals surface area contributed by atoms with E-state index in [1.807, 2.05) is 38.1 Å². The smallest absolute Gasteiger partial charge is 0.138 e. The van der Waals surface area contributed by atoms with Gasteiger partial charge in [-0.25, -0.2) is 0 Å². The topological polar surface area (TPSA) is 29.1 Å². The highest BCUT2D eigenvalue weighted by atomic mass is 35.5. The highest BCUT2D eigenvalue weighted by Crippen LogP contribution is 2.19. The molecule has 0 fully saturated rings. The van der Waals surface area contributed by atoms with Gasteiger partial charge in [-0.05, 0) is 24.6 Å². The van der Waals surface area contributed by atoms with Gasteiger partial charge in [-0.1, -0.05) is 51.4 Å². The van der Waals surface area contributed by atoms with Crippen LogP contribution >= 0.6 is 11.6 Å². The van der Waals surface area contributed by atoms with Crippen molar-refractivity contribution < 1.29 is 4.79 Å². The van der Waals surface area contributed by atoms with E-state index >= 15 is 0 Å². The SMILES string of the molecule is CC.CC(=O)[C@H](CNC(C)C)c1ccc(Cl)cc1. The van der Waals surface area contributed by atoms with E-state index in [0.29, 0.717) is 17.6 Å². The molecule has 0 heterocycles. The van der Waals surface area contributed by atoms with E-state index in [1.54, 1.807) is 6.92 Å². The van der Waals surface area contributed by atoms with Crippen molar-refractivity contribution in [3.05, 3.63) is 34.9 Å². The summed E-state index contributed by atoms with van der Waals surface area (Å²) in [5, 5.41) is 3.98. The normalized spacial score (nSPS) is 11.7. The lowest BCUT2D eigenvalue weighted by atomic mass is 9.95. The van der Waals surface area contributed by atoms with Crippen LogP contribution in [0, 0.1) is 0 Å². The Kier molecular flexibility index (Phi) is 8.69. The summed E-state index contributed by atoms with van der Waals surface area (Å²) in [6, 6.07) is 7.85. The molecule has 0 aliphatic rings. The first-order chi connectivity index (χ1) is 8.50. The molecule has 18 heavy (non-hydrogen) atoms. The molecule has 0 amide bonds. The molecule has 0 spiro atoms. The van der Waals surface area contributed by atoms with E-state index in [2.05, 4.69) is 19.2 Å². The molecule has 102 valence electrons. The molecule has 0 bridgehead atoms. The fourth-order valence-corrected chi connectivity index (χ4v) is 1.67. The molecular weight excluding hydrogens is 246 g/mol. The number of nitrogens with one attached hydrogen (secondary N) is 1. The minimum atomic E-state index is -0.0836. The van der Waals surface area contributed by atoms with E-state index in [0.717, 1.165) is 5.56 Å². The van der Waals surface area contributed by atoms with Gasteiger partial charge in [0.1, 0.15) is 5.78 Å². The van der Waals surface area contributed by atoms with Crippen LogP contribution in [0.2, 0.25) is 5.02 Å². The molecule has 0 aromatic heterocycles. The van der Waals surface area contributed by atoms with Gasteiger partial charge in [-0.2, -0.15) is 0 Å². The van der Waals surface area contributed by atoms with Crippen LogP contribution in [0.15, 0.2) is 24.3 Å². The Hall–Kier alpha value is -0.860. The van der Waals surface area contributed by atoms with Crippen LogP contribution in [0.3, 0.4) is 0 Å². The molecule has 1 aromatic rings. The summed E-state index contributed by atoms with van der Waals surface area (Å²) in [6.45, 7) is 10.4. The molecule has 1 aromatic carbocycles. The number of halogens is 1. The van der Waals surface area contributed by atoms with Crippen molar-refractivity contribution in [3.63, 3.8) is 0 Å². The lowest BCUT2D eigenvalue weighted by Crippen LogP contribution is -2.30. The van der Waals surface area contributed by atoms with Crippen LogP contribution in [0.25, 0.3) is 0 Å². The highest BCUT2D eigenvalue weighted by molar-refractivity contribution is 6.30. The van der Waals surface area contributed by atoms with Crippen LogP contribution < -0.4 is 5.32 Å². The molecule has 3 heteroatoms. The van der Waals surface area contributed by atoms with Gasteiger partial charge >= 0.3 is 0 Å². The standard InChI is InChI=1S/C13H18ClNO.C2H6/c1-9(2)15-8-13(10(3)16)11-4-6-12(14)7-5-11;1-2/h4-7,9,13,15H,8H2,1-3H3;1-2H3/t13-;/m0./s1. The Morgan fingerprint density at radius 3 is 2.11 bits per heavy atom. The van der Waals surface area contributed by atoms with Crippen LogP contribution in [-0.2, 0) is 4.79 Å². The summed E-state index contributed by atoms with van der Waals surface area (Å²) in [4.78, 5) is 11.6. The molecular formula is C15H24ClNO. The van der Waals surface area contributed by atoms with Crippen molar-refractivity contribution in [1.29, 1.82) is 0 Å². The number of carbonyl (C=O) groups excluding carboxylic acids is 1. The van der Waals surface area contributed by atoms with Gasteiger partial charge in [0.2, 0.25) is 0 Å². The Morgan fingerprint density at radius 1 is 1.22 bits per heavy atom. The van der Waals surface area contributed by atoms with Gasteiger partial charge in [-0.3, -0.25) is 4.79 Å². The van der Waals surface area contributed by atoms with Gasteiger partial charge in [-0.15, -0.1) is 0 Å². The van der Waals surface area contributed by atoms with Crippen LogP contribution in [0.1, 0.15) is 46.1 Å². The van der Waals surface area contributed by atoms with Gasteiger partial charge in [0.25, 0.3) is 0 Å². The second-order valence-corrected chi connectivity index (χ2v) is 4.71. The lowest BCUT2D eigenvalue weighted by molar-refractivity contribution is -0.118. The minimum absolute atomic E-state index is 0.0836. The van der Waals surface area contributed by atoms with Crippen LogP contribution in [0.5, 0.6) is 0 Å². The Bertz CT molecular complexity index is 346. The van der Waals surface area contributed by atoms with Crippen LogP contribution in [0.4, 0.5) is 0 Å². The third kappa shape index (κ3) is 6.18. The maximum Gasteiger partial charge on any atom is 0.138 e. The van der Waals surface area contributed by atoms with Crippen molar-refractivity contribution in [2.24, 2.45) is 0 Å². The number of hydrogen-bond acceptors (Lipinski definition) is 2. The monoisotopic (exact) mass is 269 g/mol.